The largest absolute Gasteiger partial charge is 0.371 e. The van der Waals surface area contributed by atoms with Gasteiger partial charge in [-0.3, -0.25) is 0 Å². The lowest BCUT2D eigenvalue weighted by Gasteiger charge is -2.19. The highest BCUT2D eigenvalue weighted by Gasteiger charge is 2.18. The molecule has 0 spiro atoms. The standard InChI is InChI=1S/C17H19N5/c1-2-3-7-22-8-6-13-4-5-14(9-16(13)22)21-17-12-19-15(10-18)11-20-17/h4-5,9,11-12H,2-3,6-8H2,1H3,(H,20,21). The van der Waals surface area contributed by atoms with Gasteiger partial charge in [0.15, 0.2) is 5.69 Å². The van der Waals surface area contributed by atoms with Gasteiger partial charge in [-0.25, -0.2) is 9.97 Å². The van der Waals surface area contributed by atoms with Gasteiger partial charge in [-0.1, -0.05) is 19.4 Å². The molecule has 0 aliphatic carbocycles. The van der Waals surface area contributed by atoms with Crippen LogP contribution in [0.2, 0.25) is 0 Å². The zero-order valence-electron chi connectivity index (χ0n) is 12.7. The fourth-order valence-corrected chi connectivity index (χ4v) is 2.70. The number of nitriles is 1. The fraction of sp³-hybridized carbons (Fsp3) is 0.353. The molecule has 0 fully saturated rings. The first kappa shape index (κ1) is 14.3. The minimum absolute atomic E-state index is 0.324. The number of hydrogen-bond donors (Lipinski definition) is 1. The van der Waals surface area contributed by atoms with Crippen molar-refractivity contribution in [2.24, 2.45) is 0 Å². The van der Waals surface area contributed by atoms with Crippen LogP contribution < -0.4 is 10.2 Å². The highest BCUT2D eigenvalue weighted by Crippen LogP contribution is 2.31. The van der Waals surface area contributed by atoms with Crippen LogP contribution >= 0.6 is 0 Å². The lowest BCUT2D eigenvalue weighted by atomic mass is 10.1. The van der Waals surface area contributed by atoms with E-state index < -0.39 is 0 Å². The molecule has 5 heteroatoms. The lowest BCUT2D eigenvalue weighted by molar-refractivity contribution is 0.736. The highest BCUT2D eigenvalue weighted by molar-refractivity contribution is 5.68. The molecule has 0 bridgehead atoms. The van der Waals surface area contributed by atoms with E-state index in [1.807, 2.05) is 6.07 Å². The van der Waals surface area contributed by atoms with Crippen LogP contribution in [0.4, 0.5) is 17.2 Å². The summed E-state index contributed by atoms with van der Waals surface area (Å²) in [6.07, 6.45) is 6.61. The van der Waals surface area contributed by atoms with Gasteiger partial charge in [0.2, 0.25) is 0 Å². The first-order chi connectivity index (χ1) is 10.8. The van der Waals surface area contributed by atoms with Crippen LogP contribution in [0.25, 0.3) is 0 Å². The van der Waals surface area contributed by atoms with Crippen molar-refractivity contribution in [2.75, 3.05) is 23.3 Å². The van der Waals surface area contributed by atoms with Gasteiger partial charge in [0.05, 0.1) is 12.4 Å². The molecule has 0 radical (unpaired) electrons. The van der Waals surface area contributed by atoms with Crippen molar-refractivity contribution < 1.29 is 0 Å². The Hall–Kier alpha value is -2.61. The van der Waals surface area contributed by atoms with Crippen LogP contribution in [0, 0.1) is 11.3 Å². The van der Waals surface area contributed by atoms with Crippen molar-refractivity contribution in [3.8, 4) is 6.07 Å². The summed E-state index contributed by atoms with van der Waals surface area (Å²) < 4.78 is 0. The van der Waals surface area contributed by atoms with Gasteiger partial charge >= 0.3 is 0 Å². The maximum Gasteiger partial charge on any atom is 0.158 e. The summed E-state index contributed by atoms with van der Waals surface area (Å²) in [5.41, 5.74) is 4.05. The molecule has 0 saturated carbocycles. The van der Waals surface area contributed by atoms with Gasteiger partial charge in [0.25, 0.3) is 0 Å². The summed E-state index contributed by atoms with van der Waals surface area (Å²) in [4.78, 5) is 10.7. The van der Waals surface area contributed by atoms with E-state index in [4.69, 9.17) is 5.26 Å². The molecular formula is C17H19N5. The van der Waals surface area contributed by atoms with Gasteiger partial charge in [0.1, 0.15) is 11.9 Å². The Bertz CT molecular complexity index is 687. The number of fused-ring (bicyclic) bond motifs is 1. The SMILES string of the molecule is CCCCN1CCc2ccc(Nc3cnc(C#N)cn3)cc21. The molecule has 0 saturated heterocycles. The van der Waals surface area contributed by atoms with E-state index in [-0.39, 0.29) is 0 Å². The second kappa shape index (κ2) is 6.44. The number of benzene rings is 1. The molecule has 2 heterocycles. The molecule has 1 N–H and O–H groups in total. The molecule has 0 amide bonds. The first-order valence-electron chi connectivity index (χ1n) is 7.67. The summed E-state index contributed by atoms with van der Waals surface area (Å²) in [6, 6.07) is 8.40. The Morgan fingerprint density at radius 2 is 2.23 bits per heavy atom. The van der Waals surface area contributed by atoms with E-state index in [9.17, 15) is 0 Å². The number of rotatable bonds is 5. The number of aromatic nitrogens is 2. The Morgan fingerprint density at radius 1 is 1.32 bits per heavy atom. The van der Waals surface area contributed by atoms with Crippen LogP contribution in [0.3, 0.4) is 0 Å². The minimum atomic E-state index is 0.324. The van der Waals surface area contributed by atoms with Crippen LogP contribution in [-0.2, 0) is 6.42 Å². The second-order valence-electron chi connectivity index (χ2n) is 5.46. The van der Waals surface area contributed by atoms with Crippen LogP contribution in [0.15, 0.2) is 30.6 Å². The molecule has 1 aromatic heterocycles. The molecule has 1 aromatic carbocycles. The van der Waals surface area contributed by atoms with Crippen molar-refractivity contribution in [3.63, 3.8) is 0 Å². The molecule has 1 aliphatic heterocycles. The Morgan fingerprint density at radius 3 is 2.95 bits per heavy atom. The van der Waals surface area contributed by atoms with Gasteiger partial charge in [-0.2, -0.15) is 5.26 Å². The predicted molar refractivity (Wildman–Crippen MR) is 87.3 cm³/mol. The van der Waals surface area contributed by atoms with Gasteiger partial charge in [-0.05, 0) is 30.5 Å². The molecule has 1 aliphatic rings. The Balaban J connectivity index is 1.76. The highest BCUT2D eigenvalue weighted by atomic mass is 15.1. The molecule has 2 aromatic rings. The third-order valence-corrected chi connectivity index (χ3v) is 3.90. The maximum atomic E-state index is 8.75. The Labute approximate surface area is 130 Å². The zero-order valence-corrected chi connectivity index (χ0v) is 12.7. The summed E-state index contributed by atoms with van der Waals surface area (Å²) in [5.74, 6) is 0.650. The molecule has 0 unspecified atom stereocenters. The molecule has 112 valence electrons. The van der Waals surface area contributed by atoms with Crippen molar-refractivity contribution in [2.45, 2.75) is 26.2 Å². The lowest BCUT2D eigenvalue weighted by Crippen LogP contribution is -2.21. The number of nitrogens with one attached hydrogen (secondary N) is 1. The summed E-state index contributed by atoms with van der Waals surface area (Å²) in [7, 11) is 0. The average Bonchev–Trinajstić information content (AvgIpc) is 2.96. The monoisotopic (exact) mass is 293 g/mol. The van der Waals surface area contributed by atoms with Gasteiger partial charge < -0.3 is 10.2 Å². The molecule has 22 heavy (non-hydrogen) atoms. The topological polar surface area (TPSA) is 64.8 Å². The fourth-order valence-electron chi connectivity index (χ4n) is 2.70. The van der Waals surface area contributed by atoms with E-state index in [2.05, 4.69) is 45.3 Å². The van der Waals surface area contributed by atoms with Crippen LogP contribution in [-0.4, -0.2) is 23.1 Å². The number of anilines is 3. The van der Waals surface area contributed by atoms with Crippen molar-refractivity contribution >= 4 is 17.2 Å². The second-order valence-corrected chi connectivity index (χ2v) is 5.46. The van der Waals surface area contributed by atoms with Crippen molar-refractivity contribution in [3.05, 3.63) is 41.9 Å². The Kier molecular flexibility index (Phi) is 4.19. The first-order valence-corrected chi connectivity index (χ1v) is 7.67. The van der Waals surface area contributed by atoms with E-state index >= 15 is 0 Å². The number of unbranched alkanes of at least 4 members (excludes halogenated alkanes) is 1. The normalized spacial score (nSPS) is 12.8. The third kappa shape index (κ3) is 3.01. The van der Waals surface area contributed by atoms with Crippen molar-refractivity contribution in [1.29, 1.82) is 5.26 Å². The summed E-state index contributed by atoms with van der Waals surface area (Å²) >= 11 is 0. The van der Waals surface area contributed by atoms with E-state index in [0.29, 0.717) is 11.5 Å². The molecule has 0 atom stereocenters. The van der Waals surface area contributed by atoms with E-state index in [0.717, 1.165) is 25.2 Å². The maximum absolute atomic E-state index is 8.75. The summed E-state index contributed by atoms with van der Waals surface area (Å²) in [6.45, 7) is 4.44. The zero-order chi connectivity index (χ0) is 15.4. The van der Waals surface area contributed by atoms with E-state index in [1.54, 1.807) is 6.20 Å². The molecular weight excluding hydrogens is 274 g/mol. The average molecular weight is 293 g/mol. The number of hydrogen-bond acceptors (Lipinski definition) is 5. The van der Waals surface area contributed by atoms with E-state index in [1.165, 1.54) is 30.3 Å². The smallest absolute Gasteiger partial charge is 0.158 e. The molecule has 5 nitrogen and oxygen atoms in total. The minimum Gasteiger partial charge on any atom is -0.371 e. The quantitative estimate of drug-likeness (QED) is 0.916. The third-order valence-electron chi connectivity index (χ3n) is 3.90. The number of nitrogens with zero attached hydrogens (tertiary/aromatic N) is 4. The van der Waals surface area contributed by atoms with Gasteiger partial charge in [0, 0.05) is 24.5 Å². The van der Waals surface area contributed by atoms with Crippen LogP contribution in [0.5, 0.6) is 0 Å². The van der Waals surface area contributed by atoms with Gasteiger partial charge in [-0.15, -0.1) is 0 Å². The van der Waals surface area contributed by atoms with Crippen molar-refractivity contribution in [1.82, 2.24) is 9.97 Å². The van der Waals surface area contributed by atoms with Crippen LogP contribution in [0.1, 0.15) is 31.0 Å². The molecule has 3 rings (SSSR count). The summed E-state index contributed by atoms with van der Waals surface area (Å²) in [5, 5.41) is 12.0. The predicted octanol–water partition coefficient (Wildman–Crippen LogP) is 3.25.